The summed E-state index contributed by atoms with van der Waals surface area (Å²) in [5, 5.41) is 5.99. The van der Waals surface area contributed by atoms with Crippen LogP contribution >= 0.6 is 11.8 Å². The van der Waals surface area contributed by atoms with E-state index in [-0.39, 0.29) is 18.1 Å². The predicted molar refractivity (Wildman–Crippen MR) is 70.9 cm³/mol. The van der Waals surface area contributed by atoms with Gasteiger partial charge < -0.3 is 10.6 Å². The molecule has 0 aromatic heterocycles. The Morgan fingerprint density at radius 1 is 1.47 bits per heavy atom. The van der Waals surface area contributed by atoms with E-state index < -0.39 is 5.82 Å². The molecule has 0 aliphatic heterocycles. The zero-order chi connectivity index (χ0) is 12.7. The van der Waals surface area contributed by atoms with Gasteiger partial charge in [-0.1, -0.05) is 19.1 Å². The van der Waals surface area contributed by atoms with Gasteiger partial charge in [-0.2, -0.15) is 11.8 Å². The van der Waals surface area contributed by atoms with E-state index in [2.05, 4.69) is 17.6 Å². The lowest BCUT2D eigenvalue weighted by Gasteiger charge is -2.10. The van der Waals surface area contributed by atoms with Crippen molar-refractivity contribution in [2.75, 3.05) is 24.7 Å². The van der Waals surface area contributed by atoms with Crippen LogP contribution in [0.1, 0.15) is 6.92 Å². The first-order valence-electron chi connectivity index (χ1n) is 5.41. The van der Waals surface area contributed by atoms with Gasteiger partial charge in [0, 0.05) is 11.8 Å². The monoisotopic (exact) mass is 256 g/mol. The van der Waals surface area contributed by atoms with Crippen LogP contribution < -0.4 is 10.6 Å². The van der Waals surface area contributed by atoms with Crippen LogP contribution in [0.4, 0.5) is 10.1 Å². The normalized spacial score (nSPS) is 12.2. The van der Waals surface area contributed by atoms with E-state index in [0.29, 0.717) is 5.25 Å². The molecule has 17 heavy (non-hydrogen) atoms. The molecule has 1 aromatic carbocycles. The van der Waals surface area contributed by atoms with Crippen molar-refractivity contribution in [3.05, 3.63) is 30.1 Å². The molecule has 0 heterocycles. The molecule has 0 bridgehead atoms. The summed E-state index contributed by atoms with van der Waals surface area (Å²) >= 11 is 1.73. The van der Waals surface area contributed by atoms with Gasteiger partial charge in [0.25, 0.3) is 0 Å². The number of amides is 1. The van der Waals surface area contributed by atoms with Gasteiger partial charge in [0.05, 0.1) is 12.2 Å². The van der Waals surface area contributed by atoms with E-state index in [0.717, 1.165) is 6.54 Å². The molecule has 0 aliphatic carbocycles. The zero-order valence-corrected chi connectivity index (χ0v) is 10.8. The fourth-order valence-electron chi connectivity index (χ4n) is 1.23. The molecule has 1 atom stereocenters. The molecule has 0 saturated heterocycles. The topological polar surface area (TPSA) is 41.1 Å². The Hall–Kier alpha value is -1.07. The van der Waals surface area contributed by atoms with E-state index in [9.17, 15) is 9.18 Å². The lowest BCUT2D eigenvalue weighted by Crippen LogP contribution is -2.32. The minimum Gasteiger partial charge on any atom is -0.322 e. The van der Waals surface area contributed by atoms with Gasteiger partial charge >= 0.3 is 0 Å². The van der Waals surface area contributed by atoms with Crippen molar-refractivity contribution in [2.45, 2.75) is 12.2 Å². The molecular formula is C12H17FN2OS. The summed E-state index contributed by atoms with van der Waals surface area (Å²) in [6.07, 6.45) is 2.02. The number of rotatable bonds is 6. The molecule has 3 nitrogen and oxygen atoms in total. The molecule has 0 saturated carbocycles. The maximum atomic E-state index is 13.2. The summed E-state index contributed by atoms with van der Waals surface area (Å²) in [5.74, 6) is -0.651. The number of hydrogen-bond donors (Lipinski definition) is 2. The number of para-hydroxylation sites is 1. The Balaban J connectivity index is 2.33. The van der Waals surface area contributed by atoms with E-state index >= 15 is 0 Å². The van der Waals surface area contributed by atoms with Gasteiger partial charge in [0.1, 0.15) is 5.82 Å². The highest BCUT2D eigenvalue weighted by Crippen LogP contribution is 2.11. The number of benzene rings is 1. The third kappa shape index (κ3) is 5.19. The standard InChI is InChI=1S/C12H17FN2OS/c1-9(17-2)7-14-8-12(16)15-11-6-4-3-5-10(11)13/h3-6,9,14H,7-8H2,1-2H3,(H,15,16). The first kappa shape index (κ1) is 14.0. The van der Waals surface area contributed by atoms with Crippen LogP contribution in [0.5, 0.6) is 0 Å². The largest absolute Gasteiger partial charge is 0.322 e. The smallest absolute Gasteiger partial charge is 0.238 e. The summed E-state index contributed by atoms with van der Waals surface area (Å²) in [7, 11) is 0. The number of nitrogens with one attached hydrogen (secondary N) is 2. The molecular weight excluding hydrogens is 239 g/mol. The summed E-state index contributed by atoms with van der Waals surface area (Å²) in [4.78, 5) is 11.5. The third-order valence-corrected chi connectivity index (χ3v) is 3.24. The van der Waals surface area contributed by atoms with Crippen LogP contribution in [-0.2, 0) is 4.79 Å². The molecule has 0 radical (unpaired) electrons. The SMILES string of the molecule is CSC(C)CNCC(=O)Nc1ccccc1F. The summed E-state index contributed by atoms with van der Waals surface area (Å²) in [6.45, 7) is 3.03. The highest BCUT2D eigenvalue weighted by Gasteiger charge is 2.06. The first-order chi connectivity index (χ1) is 8.13. The fraction of sp³-hybridized carbons (Fsp3) is 0.417. The number of thioether (sulfide) groups is 1. The molecule has 0 spiro atoms. The van der Waals surface area contributed by atoms with Crippen molar-refractivity contribution in [1.29, 1.82) is 0 Å². The maximum absolute atomic E-state index is 13.2. The van der Waals surface area contributed by atoms with Crippen LogP contribution in [0.2, 0.25) is 0 Å². The highest BCUT2D eigenvalue weighted by atomic mass is 32.2. The van der Waals surface area contributed by atoms with Crippen molar-refractivity contribution in [3.63, 3.8) is 0 Å². The highest BCUT2D eigenvalue weighted by molar-refractivity contribution is 7.99. The second-order valence-electron chi connectivity index (χ2n) is 3.71. The minimum absolute atomic E-state index is 0.194. The van der Waals surface area contributed by atoms with Gasteiger partial charge in [-0.25, -0.2) is 4.39 Å². The second kappa shape index (κ2) is 7.29. The van der Waals surface area contributed by atoms with Crippen molar-refractivity contribution >= 4 is 23.4 Å². The molecule has 1 aromatic rings. The van der Waals surface area contributed by atoms with Crippen molar-refractivity contribution < 1.29 is 9.18 Å². The van der Waals surface area contributed by atoms with Gasteiger partial charge in [-0.3, -0.25) is 4.79 Å². The van der Waals surface area contributed by atoms with Crippen LogP contribution in [0.3, 0.4) is 0 Å². The number of anilines is 1. The molecule has 2 N–H and O–H groups in total. The molecule has 1 rings (SSSR count). The quantitative estimate of drug-likeness (QED) is 0.819. The lowest BCUT2D eigenvalue weighted by atomic mass is 10.3. The lowest BCUT2D eigenvalue weighted by molar-refractivity contribution is -0.115. The van der Waals surface area contributed by atoms with E-state index in [1.54, 1.807) is 23.9 Å². The maximum Gasteiger partial charge on any atom is 0.238 e. The number of carbonyl (C=O) groups is 1. The average Bonchev–Trinajstić information content (AvgIpc) is 2.32. The van der Waals surface area contributed by atoms with Crippen molar-refractivity contribution in [2.24, 2.45) is 0 Å². The molecule has 5 heteroatoms. The Bertz CT molecular complexity index is 373. The van der Waals surface area contributed by atoms with Gasteiger partial charge in [0.15, 0.2) is 0 Å². The average molecular weight is 256 g/mol. The minimum atomic E-state index is -0.418. The fourth-order valence-corrected chi connectivity index (χ4v) is 1.51. The Kier molecular flexibility index (Phi) is 6.00. The number of halogens is 1. The van der Waals surface area contributed by atoms with Gasteiger partial charge in [0.2, 0.25) is 5.91 Å². The predicted octanol–water partition coefficient (Wildman–Crippen LogP) is 2.11. The number of carbonyl (C=O) groups excluding carboxylic acids is 1. The third-order valence-electron chi connectivity index (χ3n) is 2.27. The summed E-state index contributed by atoms with van der Waals surface area (Å²) in [5.41, 5.74) is 0.220. The number of hydrogen-bond acceptors (Lipinski definition) is 3. The second-order valence-corrected chi connectivity index (χ2v) is 4.98. The summed E-state index contributed by atoms with van der Waals surface area (Å²) in [6, 6.07) is 6.13. The van der Waals surface area contributed by atoms with E-state index in [1.165, 1.54) is 12.1 Å². The molecule has 1 unspecified atom stereocenters. The van der Waals surface area contributed by atoms with Crippen LogP contribution in [0.25, 0.3) is 0 Å². The Morgan fingerprint density at radius 3 is 2.82 bits per heavy atom. The van der Waals surface area contributed by atoms with Crippen molar-refractivity contribution in [1.82, 2.24) is 5.32 Å². The molecule has 94 valence electrons. The van der Waals surface area contributed by atoms with Gasteiger partial charge in [-0.15, -0.1) is 0 Å². The molecule has 1 amide bonds. The van der Waals surface area contributed by atoms with Crippen molar-refractivity contribution in [3.8, 4) is 0 Å². The Morgan fingerprint density at radius 2 is 2.18 bits per heavy atom. The zero-order valence-electron chi connectivity index (χ0n) is 10.00. The van der Waals surface area contributed by atoms with Gasteiger partial charge in [-0.05, 0) is 18.4 Å². The summed E-state index contributed by atoms with van der Waals surface area (Å²) < 4.78 is 13.2. The first-order valence-corrected chi connectivity index (χ1v) is 6.70. The van der Waals surface area contributed by atoms with Crippen LogP contribution in [0, 0.1) is 5.82 Å². The Labute approximate surface area is 105 Å². The van der Waals surface area contributed by atoms with E-state index in [4.69, 9.17) is 0 Å². The van der Waals surface area contributed by atoms with E-state index in [1.807, 2.05) is 6.26 Å². The van der Waals surface area contributed by atoms with Crippen LogP contribution in [-0.4, -0.2) is 30.5 Å². The molecule has 0 aliphatic rings. The van der Waals surface area contributed by atoms with Crippen LogP contribution in [0.15, 0.2) is 24.3 Å². The molecule has 0 fully saturated rings.